The van der Waals surface area contributed by atoms with Crippen LogP contribution in [0, 0.1) is 5.92 Å². The highest BCUT2D eigenvalue weighted by Crippen LogP contribution is 2.20. The number of halogens is 1. The summed E-state index contributed by atoms with van der Waals surface area (Å²) in [7, 11) is -1.56. The van der Waals surface area contributed by atoms with E-state index in [0.717, 1.165) is 0 Å². The van der Waals surface area contributed by atoms with Crippen LogP contribution < -0.4 is 0 Å². The largest absolute Gasteiger partial charge is 0.232 e. The van der Waals surface area contributed by atoms with Gasteiger partial charge in [-0.25, -0.2) is 16.8 Å². The molecule has 0 aromatic rings. The normalized spacial score (nSPS) is 28.5. The SMILES string of the molecule is O=S(=O)(Cl)C[C@H]1CCCS(=O)(=O)C1. The average Bonchev–Trinajstić information content (AvgIpc) is 1.79. The van der Waals surface area contributed by atoms with Crippen LogP contribution in [-0.4, -0.2) is 34.1 Å². The van der Waals surface area contributed by atoms with Crippen molar-refractivity contribution in [1.82, 2.24) is 0 Å². The van der Waals surface area contributed by atoms with Crippen LogP contribution in [0.25, 0.3) is 0 Å². The minimum atomic E-state index is -3.57. The first-order valence-corrected chi connectivity index (χ1v) is 8.21. The second-order valence-corrected chi connectivity index (χ2v) is 8.38. The van der Waals surface area contributed by atoms with Gasteiger partial charge in [0.15, 0.2) is 9.84 Å². The maximum Gasteiger partial charge on any atom is 0.232 e. The molecule has 0 N–H and O–H groups in total. The minimum Gasteiger partial charge on any atom is -0.229 e. The van der Waals surface area contributed by atoms with E-state index in [9.17, 15) is 16.8 Å². The summed E-state index contributed by atoms with van der Waals surface area (Å²) in [6.45, 7) is 0. The lowest BCUT2D eigenvalue weighted by molar-refractivity contribution is 0.511. The van der Waals surface area contributed by atoms with Crippen LogP contribution in [0.3, 0.4) is 0 Å². The van der Waals surface area contributed by atoms with Crippen molar-refractivity contribution >= 4 is 29.6 Å². The summed E-state index contributed by atoms with van der Waals surface area (Å²) in [6, 6.07) is 0. The molecule has 0 unspecified atom stereocenters. The number of hydrogen-bond acceptors (Lipinski definition) is 4. The van der Waals surface area contributed by atoms with Gasteiger partial charge in [0.25, 0.3) is 0 Å². The maximum atomic E-state index is 11.1. The van der Waals surface area contributed by atoms with E-state index in [0.29, 0.717) is 12.8 Å². The lowest BCUT2D eigenvalue weighted by Crippen LogP contribution is -2.28. The smallest absolute Gasteiger partial charge is 0.229 e. The Morgan fingerprint density at radius 3 is 2.46 bits per heavy atom. The zero-order valence-electron chi connectivity index (χ0n) is 6.94. The van der Waals surface area contributed by atoms with Crippen molar-refractivity contribution in [1.29, 1.82) is 0 Å². The first-order valence-electron chi connectivity index (χ1n) is 3.91. The van der Waals surface area contributed by atoms with Crippen molar-refractivity contribution in [3.8, 4) is 0 Å². The molecule has 1 aliphatic rings. The fraction of sp³-hybridized carbons (Fsp3) is 1.00. The van der Waals surface area contributed by atoms with Gasteiger partial charge in [-0.15, -0.1) is 0 Å². The van der Waals surface area contributed by atoms with Crippen LogP contribution in [0.4, 0.5) is 0 Å². The second kappa shape index (κ2) is 3.74. The molecule has 0 bridgehead atoms. The van der Waals surface area contributed by atoms with E-state index in [4.69, 9.17) is 10.7 Å². The van der Waals surface area contributed by atoms with Crippen LogP contribution in [0.5, 0.6) is 0 Å². The third kappa shape index (κ3) is 4.28. The van der Waals surface area contributed by atoms with Gasteiger partial charge in [0.2, 0.25) is 9.05 Å². The molecule has 0 spiro atoms. The van der Waals surface area contributed by atoms with Crippen molar-refractivity contribution in [3.05, 3.63) is 0 Å². The van der Waals surface area contributed by atoms with Gasteiger partial charge in [-0.1, -0.05) is 0 Å². The summed E-state index contributed by atoms with van der Waals surface area (Å²) in [6.07, 6.45) is 1.17. The molecule has 0 amide bonds. The van der Waals surface area contributed by atoms with Gasteiger partial charge in [-0.3, -0.25) is 0 Å². The fourth-order valence-corrected chi connectivity index (χ4v) is 4.84. The van der Waals surface area contributed by atoms with Crippen LogP contribution >= 0.6 is 10.7 Å². The molecule has 1 aliphatic heterocycles. The van der Waals surface area contributed by atoms with Crippen LogP contribution in [0.15, 0.2) is 0 Å². The summed E-state index contributed by atoms with van der Waals surface area (Å²) in [5.41, 5.74) is 0. The molecule has 1 fully saturated rings. The maximum absolute atomic E-state index is 11.1. The third-order valence-corrected chi connectivity index (χ3v) is 5.13. The molecule has 0 aliphatic carbocycles. The van der Waals surface area contributed by atoms with Gasteiger partial charge in [0.1, 0.15) is 0 Å². The summed E-state index contributed by atoms with van der Waals surface area (Å²) >= 11 is 0. The Labute approximate surface area is 82.6 Å². The van der Waals surface area contributed by atoms with Crippen molar-refractivity contribution in [3.63, 3.8) is 0 Å². The summed E-state index contributed by atoms with van der Waals surface area (Å²) in [5.74, 6) is -0.417. The Morgan fingerprint density at radius 2 is 2.00 bits per heavy atom. The minimum absolute atomic E-state index is 0.0427. The lowest BCUT2D eigenvalue weighted by atomic mass is 10.1. The van der Waals surface area contributed by atoms with E-state index in [-0.39, 0.29) is 23.2 Å². The zero-order valence-corrected chi connectivity index (χ0v) is 9.33. The molecule has 1 atom stereocenters. The molecule has 13 heavy (non-hydrogen) atoms. The first-order chi connectivity index (χ1) is 5.79. The Kier molecular flexibility index (Phi) is 3.24. The van der Waals surface area contributed by atoms with E-state index < -0.39 is 18.9 Å². The molecular formula is C6H11ClO4S2. The van der Waals surface area contributed by atoms with Crippen molar-refractivity contribution < 1.29 is 16.8 Å². The van der Waals surface area contributed by atoms with Crippen molar-refractivity contribution in [2.45, 2.75) is 12.8 Å². The summed E-state index contributed by atoms with van der Waals surface area (Å²) in [4.78, 5) is 0. The molecule has 0 saturated carbocycles. The van der Waals surface area contributed by atoms with E-state index in [2.05, 4.69) is 0 Å². The fourth-order valence-electron chi connectivity index (χ4n) is 1.53. The van der Waals surface area contributed by atoms with Crippen molar-refractivity contribution in [2.75, 3.05) is 17.3 Å². The van der Waals surface area contributed by atoms with Gasteiger partial charge in [-0.2, -0.15) is 0 Å². The van der Waals surface area contributed by atoms with E-state index in [1.807, 2.05) is 0 Å². The van der Waals surface area contributed by atoms with Crippen LogP contribution in [0.2, 0.25) is 0 Å². The molecule has 4 nitrogen and oxygen atoms in total. The Balaban J connectivity index is 2.64. The van der Waals surface area contributed by atoms with Crippen LogP contribution in [-0.2, 0) is 18.9 Å². The predicted molar refractivity (Wildman–Crippen MR) is 51.0 cm³/mol. The first kappa shape index (κ1) is 11.3. The molecular weight excluding hydrogens is 236 g/mol. The lowest BCUT2D eigenvalue weighted by Gasteiger charge is -2.20. The molecule has 0 aromatic carbocycles. The van der Waals surface area contributed by atoms with E-state index in [1.165, 1.54) is 0 Å². The third-order valence-electron chi connectivity index (χ3n) is 1.99. The number of sulfone groups is 1. The molecule has 7 heteroatoms. The highest BCUT2D eigenvalue weighted by molar-refractivity contribution is 8.13. The standard InChI is InChI=1S/C6H11ClO4S2/c7-13(10,11)5-6-2-1-3-12(8,9)4-6/h6H,1-5H2/t6-/m0/s1. The highest BCUT2D eigenvalue weighted by Gasteiger charge is 2.27. The van der Waals surface area contributed by atoms with Gasteiger partial charge in [0.05, 0.1) is 17.3 Å². The topological polar surface area (TPSA) is 68.3 Å². The average molecular weight is 247 g/mol. The highest BCUT2D eigenvalue weighted by atomic mass is 35.7. The van der Waals surface area contributed by atoms with E-state index in [1.54, 1.807) is 0 Å². The molecule has 1 heterocycles. The summed E-state index contributed by atoms with van der Waals surface area (Å²) in [5, 5.41) is 0. The number of rotatable bonds is 2. The quantitative estimate of drug-likeness (QED) is 0.661. The Hall–Kier alpha value is 0.190. The van der Waals surface area contributed by atoms with Gasteiger partial charge in [-0.05, 0) is 18.8 Å². The monoisotopic (exact) mass is 246 g/mol. The van der Waals surface area contributed by atoms with Gasteiger partial charge < -0.3 is 0 Å². The van der Waals surface area contributed by atoms with Gasteiger partial charge >= 0.3 is 0 Å². The van der Waals surface area contributed by atoms with E-state index >= 15 is 0 Å². The van der Waals surface area contributed by atoms with Gasteiger partial charge in [0, 0.05) is 10.7 Å². The van der Waals surface area contributed by atoms with Crippen molar-refractivity contribution in [2.24, 2.45) is 5.92 Å². The Morgan fingerprint density at radius 1 is 1.38 bits per heavy atom. The second-order valence-electron chi connectivity index (χ2n) is 3.33. The van der Waals surface area contributed by atoms with Crippen LogP contribution in [0.1, 0.15) is 12.8 Å². The molecule has 0 radical (unpaired) electrons. The Bertz CT molecular complexity index is 367. The summed E-state index contributed by atoms with van der Waals surface area (Å²) < 4.78 is 43.6. The number of hydrogen-bond donors (Lipinski definition) is 0. The predicted octanol–water partition coefficient (Wildman–Crippen LogP) is 0.380. The zero-order chi connectivity index (χ0) is 10.1. The molecule has 1 saturated heterocycles. The molecule has 0 aromatic heterocycles. The molecule has 78 valence electrons. The molecule has 1 rings (SSSR count).